The number of ether oxygens (including phenoxy) is 2. The van der Waals surface area contributed by atoms with Gasteiger partial charge in [0.1, 0.15) is 0 Å². The first kappa shape index (κ1) is 23.2. The van der Waals surface area contributed by atoms with Crippen molar-refractivity contribution in [3.63, 3.8) is 0 Å². The van der Waals surface area contributed by atoms with Gasteiger partial charge in [-0.25, -0.2) is 0 Å². The van der Waals surface area contributed by atoms with E-state index in [4.69, 9.17) is 9.47 Å². The summed E-state index contributed by atoms with van der Waals surface area (Å²) in [4.78, 5) is 12.3. The minimum absolute atomic E-state index is 0.243. The molecule has 0 saturated carbocycles. The number of nitrogens with zero attached hydrogens (tertiary/aromatic N) is 4. The predicted molar refractivity (Wildman–Crippen MR) is 130 cm³/mol. The summed E-state index contributed by atoms with van der Waals surface area (Å²) < 4.78 is 11.0. The van der Waals surface area contributed by atoms with Crippen molar-refractivity contribution in [2.45, 2.75) is 50.6 Å². The van der Waals surface area contributed by atoms with Crippen LogP contribution in [-0.2, 0) is 13.0 Å². The van der Waals surface area contributed by atoms with Gasteiger partial charge in [-0.15, -0.1) is 0 Å². The van der Waals surface area contributed by atoms with Gasteiger partial charge in [-0.2, -0.15) is 0 Å². The molecule has 3 aliphatic heterocycles. The van der Waals surface area contributed by atoms with E-state index in [1.54, 1.807) is 14.2 Å². The van der Waals surface area contributed by atoms with Gasteiger partial charge < -0.3 is 24.6 Å². The number of likely N-dealkylation sites (tertiary alicyclic amines) is 2. The van der Waals surface area contributed by atoms with Gasteiger partial charge in [-0.3, -0.25) is 9.89 Å². The number of piperidine rings is 2. The molecule has 7 heteroatoms. The molecular weight excluding hydrogens is 402 g/mol. The maximum atomic E-state index is 5.54. The van der Waals surface area contributed by atoms with Crippen molar-refractivity contribution in [3.05, 3.63) is 23.3 Å². The Balaban J connectivity index is 1.46. The fourth-order valence-corrected chi connectivity index (χ4v) is 5.65. The van der Waals surface area contributed by atoms with E-state index in [0.717, 1.165) is 43.5 Å². The summed E-state index contributed by atoms with van der Waals surface area (Å²) in [7, 11) is 7.56. The molecule has 1 aromatic carbocycles. The van der Waals surface area contributed by atoms with Crippen LogP contribution in [0, 0.1) is 0 Å². The Morgan fingerprint density at radius 3 is 2.25 bits per heavy atom. The van der Waals surface area contributed by atoms with Crippen LogP contribution in [0.2, 0.25) is 0 Å². The van der Waals surface area contributed by atoms with Crippen LogP contribution in [0.3, 0.4) is 0 Å². The van der Waals surface area contributed by atoms with Gasteiger partial charge in [-0.1, -0.05) is 6.42 Å². The number of benzene rings is 1. The molecule has 0 radical (unpaired) electrons. The number of hydrogen-bond donors (Lipinski definition) is 1. The minimum atomic E-state index is 0.243. The first-order valence-electron chi connectivity index (χ1n) is 12.2. The number of fused-ring (bicyclic) bond motifs is 1. The van der Waals surface area contributed by atoms with Crippen LogP contribution in [0.15, 0.2) is 17.1 Å². The van der Waals surface area contributed by atoms with Crippen molar-refractivity contribution < 1.29 is 9.47 Å². The van der Waals surface area contributed by atoms with Crippen molar-refractivity contribution >= 4 is 5.96 Å². The SMILES string of the molecule is CN=C(NCC1(N2CCCCC2)CCN(C)CC1)N1CCc2cc(OC)c(OC)cc2C1. The molecule has 178 valence electrons. The second-order valence-electron chi connectivity index (χ2n) is 9.62. The second kappa shape index (κ2) is 10.3. The highest BCUT2D eigenvalue weighted by atomic mass is 16.5. The van der Waals surface area contributed by atoms with Crippen LogP contribution in [0.4, 0.5) is 0 Å². The lowest BCUT2D eigenvalue weighted by Crippen LogP contribution is -2.62. The van der Waals surface area contributed by atoms with Gasteiger partial charge in [0, 0.05) is 32.2 Å². The maximum absolute atomic E-state index is 5.54. The second-order valence-corrected chi connectivity index (χ2v) is 9.62. The van der Waals surface area contributed by atoms with Crippen LogP contribution in [0.25, 0.3) is 0 Å². The summed E-state index contributed by atoms with van der Waals surface area (Å²) in [6, 6.07) is 4.26. The molecule has 0 aliphatic carbocycles. The Hall–Kier alpha value is -1.99. The third-order valence-electron chi connectivity index (χ3n) is 7.75. The zero-order valence-electron chi connectivity index (χ0n) is 20.5. The molecule has 3 heterocycles. The fourth-order valence-electron chi connectivity index (χ4n) is 5.65. The Kier molecular flexibility index (Phi) is 7.46. The van der Waals surface area contributed by atoms with Crippen LogP contribution < -0.4 is 14.8 Å². The summed E-state index contributed by atoms with van der Waals surface area (Å²) in [5.74, 6) is 2.63. The Morgan fingerprint density at radius 2 is 1.62 bits per heavy atom. The third kappa shape index (κ3) is 4.84. The number of rotatable bonds is 5. The van der Waals surface area contributed by atoms with Crippen LogP contribution in [0.1, 0.15) is 43.2 Å². The van der Waals surface area contributed by atoms with Crippen molar-refractivity contribution in [2.75, 3.05) is 67.6 Å². The summed E-state index contributed by atoms with van der Waals surface area (Å²) in [6.45, 7) is 7.61. The van der Waals surface area contributed by atoms with Gasteiger partial charge in [0.2, 0.25) is 0 Å². The van der Waals surface area contributed by atoms with E-state index < -0.39 is 0 Å². The summed E-state index contributed by atoms with van der Waals surface area (Å²) in [5, 5.41) is 3.80. The average molecular weight is 444 g/mol. The molecule has 0 atom stereocenters. The number of aliphatic imine (C=N–C) groups is 1. The molecule has 0 spiro atoms. The Labute approximate surface area is 193 Å². The van der Waals surface area contributed by atoms with Gasteiger partial charge in [0.15, 0.2) is 17.5 Å². The highest BCUT2D eigenvalue weighted by Gasteiger charge is 2.40. The van der Waals surface area contributed by atoms with E-state index in [0.29, 0.717) is 0 Å². The lowest BCUT2D eigenvalue weighted by molar-refractivity contribution is 0.0169. The van der Waals surface area contributed by atoms with Gasteiger partial charge in [0.05, 0.1) is 14.2 Å². The Bertz CT molecular complexity index is 798. The first-order valence-corrected chi connectivity index (χ1v) is 12.2. The quantitative estimate of drug-likeness (QED) is 0.558. The molecule has 32 heavy (non-hydrogen) atoms. The topological polar surface area (TPSA) is 52.6 Å². The largest absolute Gasteiger partial charge is 0.493 e. The zero-order valence-corrected chi connectivity index (χ0v) is 20.5. The smallest absolute Gasteiger partial charge is 0.194 e. The van der Waals surface area contributed by atoms with E-state index in [1.165, 1.54) is 69.4 Å². The number of hydrogen-bond acceptors (Lipinski definition) is 5. The average Bonchev–Trinajstić information content (AvgIpc) is 2.85. The van der Waals surface area contributed by atoms with Crippen LogP contribution >= 0.6 is 0 Å². The Morgan fingerprint density at radius 1 is 0.969 bits per heavy atom. The lowest BCUT2D eigenvalue weighted by atomic mass is 9.84. The molecule has 4 rings (SSSR count). The van der Waals surface area contributed by atoms with Gasteiger partial charge >= 0.3 is 0 Å². The molecule has 0 unspecified atom stereocenters. The molecule has 0 amide bonds. The first-order chi connectivity index (χ1) is 15.6. The highest BCUT2D eigenvalue weighted by Crippen LogP contribution is 2.34. The van der Waals surface area contributed by atoms with Gasteiger partial charge in [-0.05, 0) is 88.6 Å². The molecule has 1 aromatic rings. The summed E-state index contributed by atoms with van der Waals surface area (Å²) in [5.41, 5.74) is 2.88. The molecule has 3 aliphatic rings. The maximum Gasteiger partial charge on any atom is 0.194 e. The van der Waals surface area contributed by atoms with E-state index in [-0.39, 0.29) is 5.54 Å². The molecule has 1 N–H and O–H groups in total. The standard InChI is InChI=1S/C25H41N5O2/c1-26-24(29-13-8-20-16-22(31-3)23(32-4)17-21(20)18-29)27-19-25(9-14-28(2)15-10-25)30-11-6-5-7-12-30/h16-17H,5-15,18-19H2,1-4H3,(H,26,27). The normalized spacial score (nSPS) is 22.4. The number of guanidine groups is 1. The number of methoxy groups -OCH3 is 2. The summed E-state index contributed by atoms with van der Waals surface area (Å²) in [6.07, 6.45) is 7.49. The number of nitrogens with one attached hydrogen (secondary N) is 1. The van der Waals surface area contributed by atoms with Crippen molar-refractivity contribution in [3.8, 4) is 11.5 Å². The van der Waals surface area contributed by atoms with Crippen LogP contribution in [-0.4, -0.2) is 93.8 Å². The molecule has 0 aromatic heterocycles. The van der Waals surface area contributed by atoms with Crippen molar-refractivity contribution in [1.29, 1.82) is 0 Å². The van der Waals surface area contributed by atoms with E-state index in [9.17, 15) is 0 Å². The fraction of sp³-hybridized carbons (Fsp3) is 0.720. The molecule has 7 nitrogen and oxygen atoms in total. The third-order valence-corrected chi connectivity index (χ3v) is 7.75. The highest BCUT2D eigenvalue weighted by molar-refractivity contribution is 5.80. The van der Waals surface area contributed by atoms with E-state index in [1.807, 2.05) is 7.05 Å². The lowest BCUT2D eigenvalue weighted by Gasteiger charge is -2.50. The monoisotopic (exact) mass is 443 g/mol. The molecule has 2 saturated heterocycles. The molecule has 0 bridgehead atoms. The molecule has 2 fully saturated rings. The molecular formula is C25H41N5O2. The van der Waals surface area contributed by atoms with Crippen molar-refractivity contribution in [1.82, 2.24) is 20.0 Å². The van der Waals surface area contributed by atoms with E-state index >= 15 is 0 Å². The van der Waals surface area contributed by atoms with Crippen molar-refractivity contribution in [2.24, 2.45) is 4.99 Å². The van der Waals surface area contributed by atoms with Gasteiger partial charge in [0.25, 0.3) is 0 Å². The predicted octanol–water partition coefficient (Wildman–Crippen LogP) is 2.59. The van der Waals surface area contributed by atoms with Crippen LogP contribution in [0.5, 0.6) is 11.5 Å². The van der Waals surface area contributed by atoms with E-state index in [2.05, 4.69) is 44.2 Å². The summed E-state index contributed by atoms with van der Waals surface area (Å²) >= 11 is 0. The zero-order chi connectivity index (χ0) is 22.6. The minimum Gasteiger partial charge on any atom is -0.493 e.